The van der Waals surface area contributed by atoms with Crippen LogP contribution in [0.2, 0.25) is 10.0 Å². The number of hydrogen-bond acceptors (Lipinski definition) is 5. The molecule has 0 spiro atoms. The first-order chi connectivity index (χ1) is 24.9. The number of nitrogens with zero attached hydrogens (tertiary/aromatic N) is 2. The Labute approximate surface area is 307 Å². The van der Waals surface area contributed by atoms with Crippen LogP contribution in [0.25, 0.3) is 11.0 Å². The van der Waals surface area contributed by atoms with Gasteiger partial charge in [-0.1, -0.05) is 73.4 Å². The third-order valence-electron chi connectivity index (χ3n) is 8.55. The summed E-state index contributed by atoms with van der Waals surface area (Å²) in [6, 6.07) is 19.8. The number of aryl methyl sites for hydroxylation is 2. The average Bonchev–Trinajstić information content (AvgIpc) is 3.13. The Morgan fingerprint density at radius 2 is 1.12 bits per heavy atom. The highest BCUT2D eigenvalue weighted by molar-refractivity contribution is 6.31. The number of carboxylic acids is 1. The van der Waals surface area contributed by atoms with E-state index in [-0.39, 0.29) is 40.6 Å². The SMILES string of the molecule is CCOC(=O)c1cc(CC)c2ccc(Cc3cccc(Cl)c3F)cn2c1=O.CCc1cc(C(=O)O)c(=O)n2cc(Cc3cccc(Cl)c3F)ccc12. The summed E-state index contributed by atoms with van der Waals surface area (Å²) >= 11 is 11.6. The maximum absolute atomic E-state index is 14.2. The van der Waals surface area contributed by atoms with Crippen molar-refractivity contribution in [2.75, 3.05) is 6.61 Å². The van der Waals surface area contributed by atoms with Crippen LogP contribution in [0.15, 0.2) is 94.8 Å². The molecule has 268 valence electrons. The molecule has 0 radical (unpaired) electrons. The molecule has 0 saturated heterocycles. The van der Waals surface area contributed by atoms with Crippen molar-refractivity contribution in [3.05, 3.63) is 172 Å². The van der Waals surface area contributed by atoms with Crippen LogP contribution in [0.1, 0.15) is 74.9 Å². The smallest absolute Gasteiger partial charge is 0.343 e. The number of benzene rings is 2. The van der Waals surface area contributed by atoms with Crippen LogP contribution in [0.5, 0.6) is 0 Å². The second-order valence-corrected chi connectivity index (χ2v) is 12.7. The van der Waals surface area contributed by atoms with Gasteiger partial charge in [0.15, 0.2) is 0 Å². The molecular formula is C40H34Cl2F2N2O6. The largest absolute Gasteiger partial charge is 0.477 e. The molecule has 0 unspecified atom stereocenters. The van der Waals surface area contributed by atoms with Crippen molar-refractivity contribution in [1.29, 1.82) is 0 Å². The van der Waals surface area contributed by atoms with E-state index in [1.807, 2.05) is 26.0 Å². The van der Waals surface area contributed by atoms with Gasteiger partial charge in [-0.25, -0.2) is 18.4 Å². The molecular weight excluding hydrogens is 713 g/mol. The number of fused-ring (bicyclic) bond motifs is 2. The van der Waals surface area contributed by atoms with Gasteiger partial charge in [0.2, 0.25) is 0 Å². The molecule has 4 aromatic heterocycles. The van der Waals surface area contributed by atoms with Gasteiger partial charge in [-0.3, -0.25) is 18.4 Å². The number of esters is 1. The van der Waals surface area contributed by atoms with Gasteiger partial charge in [-0.2, -0.15) is 0 Å². The molecule has 1 N–H and O–H groups in total. The van der Waals surface area contributed by atoms with Gasteiger partial charge in [-0.15, -0.1) is 0 Å². The lowest BCUT2D eigenvalue weighted by Crippen LogP contribution is -2.24. The second-order valence-electron chi connectivity index (χ2n) is 11.9. The summed E-state index contributed by atoms with van der Waals surface area (Å²) in [5.74, 6) is -2.87. The first kappa shape index (κ1) is 37.9. The van der Waals surface area contributed by atoms with Crippen LogP contribution < -0.4 is 11.1 Å². The van der Waals surface area contributed by atoms with Crippen molar-refractivity contribution in [3.8, 4) is 0 Å². The first-order valence-corrected chi connectivity index (χ1v) is 17.2. The molecule has 0 amide bonds. The summed E-state index contributed by atoms with van der Waals surface area (Å²) in [6.07, 6.45) is 4.96. The third-order valence-corrected chi connectivity index (χ3v) is 9.14. The number of ether oxygens (including phenoxy) is 1. The van der Waals surface area contributed by atoms with Crippen LogP contribution in [-0.4, -0.2) is 32.5 Å². The van der Waals surface area contributed by atoms with E-state index in [1.54, 1.807) is 61.8 Å². The average molecular weight is 748 g/mol. The highest BCUT2D eigenvalue weighted by Crippen LogP contribution is 2.23. The Kier molecular flexibility index (Phi) is 11.9. The van der Waals surface area contributed by atoms with E-state index >= 15 is 0 Å². The molecule has 0 bridgehead atoms. The Balaban J connectivity index is 0.000000202. The minimum atomic E-state index is -1.26. The van der Waals surface area contributed by atoms with Crippen molar-refractivity contribution in [2.45, 2.75) is 46.5 Å². The van der Waals surface area contributed by atoms with Gasteiger partial charge in [-0.05, 0) is 89.5 Å². The molecule has 6 rings (SSSR count). The maximum atomic E-state index is 14.2. The molecule has 2 aromatic carbocycles. The van der Waals surface area contributed by atoms with Crippen LogP contribution in [0, 0.1) is 11.6 Å². The quantitative estimate of drug-likeness (QED) is 0.149. The van der Waals surface area contributed by atoms with Gasteiger partial charge in [0.1, 0.15) is 22.8 Å². The van der Waals surface area contributed by atoms with Crippen LogP contribution in [-0.2, 0) is 30.4 Å². The van der Waals surface area contributed by atoms with Crippen molar-refractivity contribution in [3.63, 3.8) is 0 Å². The molecule has 0 aliphatic carbocycles. The highest BCUT2D eigenvalue weighted by atomic mass is 35.5. The number of carboxylic acid groups (broad SMARTS) is 1. The summed E-state index contributed by atoms with van der Waals surface area (Å²) < 4.78 is 36.0. The molecule has 0 atom stereocenters. The van der Waals surface area contributed by atoms with E-state index in [0.717, 1.165) is 16.7 Å². The van der Waals surface area contributed by atoms with Gasteiger partial charge >= 0.3 is 11.9 Å². The topological polar surface area (TPSA) is 107 Å². The summed E-state index contributed by atoms with van der Waals surface area (Å²) in [5, 5.41) is 9.34. The predicted octanol–water partition coefficient (Wildman–Crippen LogP) is 8.37. The summed E-state index contributed by atoms with van der Waals surface area (Å²) in [7, 11) is 0. The van der Waals surface area contributed by atoms with E-state index in [2.05, 4.69) is 0 Å². The number of aromatic nitrogens is 2. The van der Waals surface area contributed by atoms with Crippen LogP contribution in [0.4, 0.5) is 8.78 Å². The molecule has 8 nitrogen and oxygen atoms in total. The molecule has 52 heavy (non-hydrogen) atoms. The van der Waals surface area contributed by atoms with Gasteiger partial charge in [0, 0.05) is 25.2 Å². The number of halogens is 4. The highest BCUT2D eigenvalue weighted by Gasteiger charge is 2.18. The summed E-state index contributed by atoms with van der Waals surface area (Å²) in [6.45, 7) is 5.72. The van der Waals surface area contributed by atoms with Gasteiger partial charge in [0.05, 0.1) is 27.7 Å². The van der Waals surface area contributed by atoms with Crippen molar-refractivity contribution in [1.82, 2.24) is 8.80 Å². The van der Waals surface area contributed by atoms with Crippen molar-refractivity contribution in [2.24, 2.45) is 0 Å². The van der Waals surface area contributed by atoms with Crippen LogP contribution in [0.3, 0.4) is 0 Å². The van der Waals surface area contributed by atoms with Gasteiger partial charge < -0.3 is 9.84 Å². The Hall–Kier alpha value is -5.32. The lowest BCUT2D eigenvalue weighted by atomic mass is 10.0. The number of carbonyl (C=O) groups is 2. The first-order valence-electron chi connectivity index (χ1n) is 16.5. The third kappa shape index (κ3) is 7.93. The van der Waals surface area contributed by atoms with Crippen molar-refractivity contribution < 1.29 is 28.2 Å². The Bertz CT molecular complexity index is 2460. The van der Waals surface area contributed by atoms with E-state index in [9.17, 15) is 33.1 Å². The molecule has 4 heterocycles. The van der Waals surface area contributed by atoms with Crippen molar-refractivity contribution >= 4 is 46.2 Å². The number of aromatic carboxylic acids is 1. The zero-order valence-corrected chi connectivity index (χ0v) is 30.0. The summed E-state index contributed by atoms with van der Waals surface area (Å²) in [4.78, 5) is 48.7. The second kappa shape index (κ2) is 16.4. The van der Waals surface area contributed by atoms with E-state index in [1.165, 1.54) is 27.0 Å². The Morgan fingerprint density at radius 1 is 0.673 bits per heavy atom. The number of pyridine rings is 4. The monoisotopic (exact) mass is 746 g/mol. The molecule has 0 saturated carbocycles. The van der Waals surface area contributed by atoms with E-state index in [0.29, 0.717) is 40.6 Å². The standard InChI is InChI=1S/C21H19ClFNO3.C19H15ClFNO3/c1-3-14-11-16(21(26)27-4-2)20(25)24-12-13(8-9-18(14)24)10-15-6-5-7-17(22)19(15)23;1-2-12-9-14(19(24)25)18(23)22-10-11(6-7-16(12)22)8-13-4-3-5-15(20)17(13)21/h5-9,11-12H,3-4,10H2,1-2H3;3-7,9-10H,2,8H2,1H3,(H,24,25). The lowest BCUT2D eigenvalue weighted by Gasteiger charge is -2.12. The summed E-state index contributed by atoms with van der Waals surface area (Å²) in [5.41, 5.74) is 3.90. The molecule has 0 fully saturated rings. The minimum Gasteiger partial charge on any atom is -0.477 e. The zero-order valence-electron chi connectivity index (χ0n) is 28.5. The molecule has 0 aliphatic heterocycles. The number of carbonyl (C=O) groups excluding carboxylic acids is 1. The molecule has 0 aliphatic rings. The predicted molar refractivity (Wildman–Crippen MR) is 197 cm³/mol. The molecule has 12 heteroatoms. The maximum Gasteiger partial charge on any atom is 0.343 e. The molecule has 6 aromatic rings. The van der Waals surface area contributed by atoms with Crippen LogP contribution >= 0.6 is 23.2 Å². The zero-order chi connectivity index (χ0) is 37.7. The lowest BCUT2D eigenvalue weighted by molar-refractivity contribution is 0.0523. The fourth-order valence-corrected chi connectivity index (χ4v) is 6.31. The number of rotatable bonds is 9. The Morgan fingerprint density at radius 3 is 1.54 bits per heavy atom. The van der Waals surface area contributed by atoms with Gasteiger partial charge in [0.25, 0.3) is 11.1 Å². The fraction of sp³-hybridized carbons (Fsp3) is 0.200. The normalized spacial score (nSPS) is 11.0. The fourth-order valence-electron chi connectivity index (χ4n) is 5.92. The van der Waals surface area contributed by atoms with E-state index in [4.69, 9.17) is 27.9 Å². The van der Waals surface area contributed by atoms with E-state index < -0.39 is 34.7 Å². The number of hydrogen-bond donors (Lipinski definition) is 1. The minimum absolute atomic E-state index is 0.00251.